The van der Waals surface area contributed by atoms with E-state index in [2.05, 4.69) is 5.32 Å². The van der Waals surface area contributed by atoms with Gasteiger partial charge in [0.2, 0.25) is 0 Å². The molecule has 0 bridgehead atoms. The van der Waals surface area contributed by atoms with Gasteiger partial charge >= 0.3 is 0 Å². The Morgan fingerprint density at radius 3 is 2.14 bits per heavy atom. The average molecular weight is 331 g/mol. The van der Waals surface area contributed by atoms with Crippen molar-refractivity contribution in [2.45, 2.75) is 47.3 Å². The van der Waals surface area contributed by atoms with Crippen LogP contribution in [0.4, 0.5) is 0 Å². The first-order valence-electron chi connectivity index (χ1n) is 7.04. The molecule has 118 valence electrons. The number of rotatable bonds is 5. The van der Waals surface area contributed by atoms with Gasteiger partial charge in [-0.1, -0.05) is 13.3 Å². The summed E-state index contributed by atoms with van der Waals surface area (Å²) in [7, 11) is -6.74. The van der Waals surface area contributed by atoms with Crippen molar-refractivity contribution in [2.75, 3.05) is 12.8 Å². The summed E-state index contributed by atoms with van der Waals surface area (Å²) in [4.78, 5) is 0.334. The molecule has 1 aliphatic carbocycles. The Kier molecular flexibility index (Phi) is 4.75. The summed E-state index contributed by atoms with van der Waals surface area (Å²) in [5.41, 5.74) is 0. The minimum Gasteiger partial charge on any atom is -0.313 e. The van der Waals surface area contributed by atoms with Gasteiger partial charge in [0.1, 0.15) is 0 Å². The van der Waals surface area contributed by atoms with E-state index < -0.39 is 24.9 Å². The molecule has 1 saturated carbocycles. The molecule has 1 fully saturated rings. The van der Waals surface area contributed by atoms with E-state index in [4.69, 9.17) is 0 Å². The van der Waals surface area contributed by atoms with Crippen LogP contribution in [0.25, 0.3) is 0 Å². The minimum absolute atomic E-state index is 0.0189. The Morgan fingerprint density at radius 2 is 1.62 bits per heavy atom. The third-order valence-electron chi connectivity index (χ3n) is 3.90. The van der Waals surface area contributed by atoms with Gasteiger partial charge in [-0.15, -0.1) is 0 Å². The average Bonchev–Trinajstić information content (AvgIpc) is 2.87. The molecule has 0 amide bonds. The van der Waals surface area contributed by atoms with Crippen LogP contribution in [0.15, 0.2) is 34.1 Å². The Hall–Kier alpha value is -0.920. The van der Waals surface area contributed by atoms with Crippen LogP contribution in [0, 0.1) is 0 Å². The summed E-state index contributed by atoms with van der Waals surface area (Å²) in [5, 5.41) is 2.80. The van der Waals surface area contributed by atoms with E-state index in [-0.39, 0.29) is 15.8 Å². The van der Waals surface area contributed by atoms with Crippen molar-refractivity contribution in [3.8, 4) is 0 Å². The van der Waals surface area contributed by atoms with Crippen LogP contribution in [-0.4, -0.2) is 40.9 Å². The summed E-state index contributed by atoms with van der Waals surface area (Å²) in [6.45, 7) is 2.70. The fourth-order valence-electron chi connectivity index (χ4n) is 2.84. The zero-order valence-corrected chi connectivity index (χ0v) is 13.9. The van der Waals surface area contributed by atoms with Crippen molar-refractivity contribution in [1.29, 1.82) is 0 Å². The van der Waals surface area contributed by atoms with Crippen molar-refractivity contribution in [3.63, 3.8) is 0 Å². The molecular weight excluding hydrogens is 310 g/mol. The Bertz CT molecular complexity index is 693. The van der Waals surface area contributed by atoms with Crippen molar-refractivity contribution in [2.24, 2.45) is 0 Å². The maximum atomic E-state index is 12.7. The van der Waals surface area contributed by atoms with Crippen LogP contribution in [-0.2, 0) is 19.7 Å². The number of hydrogen-bond acceptors (Lipinski definition) is 5. The summed E-state index contributed by atoms with van der Waals surface area (Å²) in [6, 6.07) is 5.49. The maximum Gasteiger partial charge on any atom is 0.182 e. The van der Waals surface area contributed by atoms with E-state index in [9.17, 15) is 16.8 Å². The second kappa shape index (κ2) is 6.06. The van der Waals surface area contributed by atoms with Crippen LogP contribution in [0.1, 0.15) is 26.2 Å². The van der Waals surface area contributed by atoms with E-state index in [0.717, 1.165) is 25.6 Å². The largest absolute Gasteiger partial charge is 0.313 e. The summed E-state index contributed by atoms with van der Waals surface area (Å²) in [5.74, 6) is 0. The van der Waals surface area contributed by atoms with Crippen LogP contribution in [0.5, 0.6) is 0 Å². The molecule has 0 heterocycles. The first-order valence-corrected chi connectivity index (χ1v) is 10.5. The molecule has 1 aromatic carbocycles. The number of nitrogens with one attached hydrogen (secondary N) is 1. The van der Waals surface area contributed by atoms with Gasteiger partial charge in [-0.3, -0.25) is 0 Å². The predicted molar refractivity (Wildman–Crippen MR) is 81.8 cm³/mol. The highest BCUT2D eigenvalue weighted by Gasteiger charge is 2.37. The molecule has 0 saturated heterocycles. The maximum absolute atomic E-state index is 12.7. The molecule has 7 heteroatoms. The zero-order valence-electron chi connectivity index (χ0n) is 12.2. The van der Waals surface area contributed by atoms with E-state index >= 15 is 0 Å². The van der Waals surface area contributed by atoms with E-state index in [1.54, 1.807) is 0 Å². The molecule has 0 aliphatic heterocycles. The second-order valence-electron chi connectivity index (χ2n) is 5.42. The van der Waals surface area contributed by atoms with Gasteiger partial charge in [-0.25, -0.2) is 16.8 Å². The van der Waals surface area contributed by atoms with Crippen LogP contribution in [0.2, 0.25) is 0 Å². The fourth-order valence-corrected chi connectivity index (χ4v) is 5.48. The van der Waals surface area contributed by atoms with Crippen molar-refractivity contribution in [1.82, 2.24) is 5.32 Å². The Labute approximate surface area is 126 Å². The normalized spacial score (nSPS) is 23.3. The SMILES string of the molecule is CCNC1CCCC1S(=O)(=O)c1ccc(S(C)(=O)=O)cc1. The lowest BCUT2D eigenvalue weighted by Crippen LogP contribution is -2.40. The lowest BCUT2D eigenvalue weighted by atomic mass is 10.2. The smallest absolute Gasteiger partial charge is 0.182 e. The van der Waals surface area contributed by atoms with Gasteiger partial charge in [0.15, 0.2) is 19.7 Å². The monoisotopic (exact) mass is 331 g/mol. The molecule has 0 spiro atoms. The summed E-state index contributed by atoms with van der Waals surface area (Å²) in [6.07, 6.45) is 3.50. The lowest BCUT2D eigenvalue weighted by molar-refractivity contribution is 0.517. The molecule has 2 unspecified atom stereocenters. The van der Waals surface area contributed by atoms with E-state index in [0.29, 0.717) is 6.42 Å². The Balaban J connectivity index is 2.31. The Morgan fingerprint density at radius 1 is 1.05 bits per heavy atom. The fraction of sp³-hybridized carbons (Fsp3) is 0.571. The van der Waals surface area contributed by atoms with Crippen molar-refractivity contribution < 1.29 is 16.8 Å². The van der Waals surface area contributed by atoms with Crippen molar-refractivity contribution >= 4 is 19.7 Å². The third-order valence-corrected chi connectivity index (χ3v) is 7.32. The van der Waals surface area contributed by atoms with Crippen molar-refractivity contribution in [3.05, 3.63) is 24.3 Å². The van der Waals surface area contributed by atoms with Crippen LogP contribution >= 0.6 is 0 Å². The van der Waals surface area contributed by atoms with Gasteiger partial charge < -0.3 is 5.32 Å². The molecule has 2 atom stereocenters. The van der Waals surface area contributed by atoms with Crippen LogP contribution in [0.3, 0.4) is 0 Å². The number of benzene rings is 1. The van der Waals surface area contributed by atoms with Crippen LogP contribution < -0.4 is 5.32 Å². The molecule has 21 heavy (non-hydrogen) atoms. The first kappa shape index (κ1) is 16.5. The summed E-state index contributed by atoms with van der Waals surface area (Å²) < 4.78 is 48.2. The first-order chi connectivity index (χ1) is 9.76. The van der Waals surface area contributed by atoms with Gasteiger partial charge in [-0.2, -0.15) is 0 Å². The predicted octanol–water partition coefficient (Wildman–Crippen LogP) is 1.39. The molecule has 1 N–H and O–H groups in total. The quantitative estimate of drug-likeness (QED) is 0.882. The molecule has 1 aromatic rings. The minimum atomic E-state index is -3.43. The molecule has 1 aliphatic rings. The highest BCUT2D eigenvalue weighted by Crippen LogP contribution is 2.30. The highest BCUT2D eigenvalue weighted by molar-refractivity contribution is 7.92. The van der Waals surface area contributed by atoms with Gasteiger partial charge in [0, 0.05) is 12.3 Å². The molecule has 0 aromatic heterocycles. The number of sulfone groups is 2. The molecular formula is C14H21NO4S2. The van der Waals surface area contributed by atoms with Gasteiger partial charge in [-0.05, 0) is 43.7 Å². The topological polar surface area (TPSA) is 80.3 Å². The highest BCUT2D eigenvalue weighted by atomic mass is 32.2. The van der Waals surface area contributed by atoms with Gasteiger partial charge in [0.05, 0.1) is 15.0 Å². The standard InChI is InChI=1S/C14H21NO4S2/c1-3-15-13-5-4-6-14(13)21(18,19)12-9-7-11(8-10-12)20(2,16)17/h7-10,13-15H,3-6H2,1-2H3. The lowest BCUT2D eigenvalue weighted by Gasteiger charge is -2.20. The van der Waals surface area contributed by atoms with E-state index in [1.807, 2.05) is 6.92 Å². The molecule has 2 rings (SSSR count). The summed E-state index contributed by atoms with van der Waals surface area (Å²) >= 11 is 0. The molecule has 5 nitrogen and oxygen atoms in total. The number of hydrogen-bond donors (Lipinski definition) is 1. The third kappa shape index (κ3) is 3.46. The van der Waals surface area contributed by atoms with E-state index in [1.165, 1.54) is 24.3 Å². The molecule has 0 radical (unpaired) electrons. The van der Waals surface area contributed by atoms with Gasteiger partial charge in [0.25, 0.3) is 0 Å². The second-order valence-corrected chi connectivity index (χ2v) is 9.60. The zero-order chi connectivity index (χ0) is 15.7.